The highest BCUT2D eigenvalue weighted by molar-refractivity contribution is 5.16. The molecule has 0 amide bonds. The number of halogens is 1. The van der Waals surface area contributed by atoms with Gasteiger partial charge in [-0.05, 0) is 30.7 Å². The zero-order chi connectivity index (χ0) is 11.5. The van der Waals surface area contributed by atoms with Crippen molar-refractivity contribution < 1.29 is 9.50 Å². The zero-order valence-electron chi connectivity index (χ0n) is 9.56. The van der Waals surface area contributed by atoms with Gasteiger partial charge in [-0.3, -0.25) is 4.98 Å². The fraction of sp³-hybridized carbons (Fsp3) is 0.615. The summed E-state index contributed by atoms with van der Waals surface area (Å²) in [4.78, 5) is 3.70. The second-order valence-electron chi connectivity index (χ2n) is 4.69. The molecule has 1 N–H and O–H groups in total. The van der Waals surface area contributed by atoms with Crippen molar-refractivity contribution in [3.63, 3.8) is 0 Å². The number of rotatable bonds is 3. The van der Waals surface area contributed by atoms with E-state index in [0.717, 1.165) is 25.7 Å². The summed E-state index contributed by atoms with van der Waals surface area (Å²) in [6.45, 7) is 2.17. The van der Waals surface area contributed by atoms with Crippen LogP contribution >= 0.6 is 0 Å². The molecule has 0 spiro atoms. The molecule has 16 heavy (non-hydrogen) atoms. The Labute approximate surface area is 95.5 Å². The second kappa shape index (κ2) is 4.91. The van der Waals surface area contributed by atoms with Crippen LogP contribution in [0.2, 0.25) is 0 Å². The van der Waals surface area contributed by atoms with Crippen molar-refractivity contribution in [2.75, 3.05) is 0 Å². The van der Waals surface area contributed by atoms with Gasteiger partial charge >= 0.3 is 0 Å². The molecule has 1 aliphatic rings. The van der Waals surface area contributed by atoms with E-state index in [4.69, 9.17) is 0 Å². The average Bonchev–Trinajstić information content (AvgIpc) is 2.77. The molecule has 0 saturated heterocycles. The highest BCUT2D eigenvalue weighted by Gasteiger charge is 2.30. The van der Waals surface area contributed by atoms with E-state index in [2.05, 4.69) is 11.9 Å². The van der Waals surface area contributed by atoms with Gasteiger partial charge in [-0.15, -0.1) is 0 Å². The van der Waals surface area contributed by atoms with Gasteiger partial charge in [0, 0.05) is 11.8 Å². The van der Waals surface area contributed by atoms with E-state index in [1.807, 2.05) is 0 Å². The lowest BCUT2D eigenvalue weighted by molar-refractivity contribution is 0.105. The van der Waals surface area contributed by atoms with E-state index in [-0.39, 0.29) is 5.92 Å². The van der Waals surface area contributed by atoms with Crippen molar-refractivity contribution >= 4 is 0 Å². The summed E-state index contributed by atoms with van der Waals surface area (Å²) in [6.07, 6.45) is 6.37. The van der Waals surface area contributed by atoms with E-state index in [9.17, 15) is 9.50 Å². The quantitative estimate of drug-likeness (QED) is 0.854. The lowest BCUT2D eigenvalue weighted by atomic mass is 9.93. The minimum atomic E-state index is -0.667. The normalized spacial score (nSPS) is 26.9. The third-order valence-corrected chi connectivity index (χ3v) is 3.73. The largest absolute Gasteiger partial charge is 0.388 e. The molecular formula is C13H18FNO. The maximum atomic E-state index is 13.4. The predicted molar refractivity (Wildman–Crippen MR) is 60.3 cm³/mol. The van der Waals surface area contributed by atoms with Gasteiger partial charge in [0.15, 0.2) is 0 Å². The van der Waals surface area contributed by atoms with Crippen LogP contribution in [0.4, 0.5) is 4.39 Å². The van der Waals surface area contributed by atoms with Crippen LogP contribution in [0.1, 0.15) is 44.3 Å². The molecule has 1 saturated carbocycles. The lowest BCUT2D eigenvalue weighted by Gasteiger charge is -2.18. The van der Waals surface area contributed by atoms with E-state index in [1.165, 1.54) is 12.4 Å². The molecule has 0 aliphatic heterocycles. The van der Waals surface area contributed by atoms with Crippen LogP contribution in [0.3, 0.4) is 0 Å². The summed E-state index contributed by atoms with van der Waals surface area (Å²) in [5.74, 6) is 0.515. The second-order valence-corrected chi connectivity index (χ2v) is 4.69. The molecule has 0 bridgehead atoms. The van der Waals surface area contributed by atoms with E-state index >= 15 is 0 Å². The van der Waals surface area contributed by atoms with E-state index in [0.29, 0.717) is 11.5 Å². The summed E-state index contributed by atoms with van der Waals surface area (Å²) in [5.41, 5.74) is 0.400. The number of aromatic nitrogens is 1. The highest BCUT2D eigenvalue weighted by atomic mass is 19.1. The standard InChI is InChI=1S/C13H18FNO/c1-2-9-3-4-10(7-9)13(16)11-5-6-15-8-12(11)14/h5-6,8-10,13,16H,2-4,7H2,1H3. The fourth-order valence-electron chi connectivity index (χ4n) is 2.65. The zero-order valence-corrected chi connectivity index (χ0v) is 9.56. The minimum Gasteiger partial charge on any atom is -0.388 e. The molecule has 1 heterocycles. The number of nitrogens with zero attached hydrogens (tertiary/aromatic N) is 1. The Hall–Kier alpha value is -0.960. The van der Waals surface area contributed by atoms with Gasteiger partial charge in [-0.2, -0.15) is 0 Å². The Morgan fingerprint density at radius 1 is 1.56 bits per heavy atom. The molecule has 1 fully saturated rings. The number of hydrogen-bond donors (Lipinski definition) is 1. The molecule has 0 aromatic carbocycles. The molecule has 2 rings (SSSR count). The number of hydrogen-bond acceptors (Lipinski definition) is 2. The average molecular weight is 223 g/mol. The molecule has 1 aromatic rings. The Morgan fingerprint density at radius 3 is 3.00 bits per heavy atom. The minimum absolute atomic E-state index is 0.210. The molecule has 1 aromatic heterocycles. The lowest BCUT2D eigenvalue weighted by Crippen LogP contribution is -2.11. The molecule has 0 radical (unpaired) electrons. The topological polar surface area (TPSA) is 33.1 Å². The van der Waals surface area contributed by atoms with Crippen LogP contribution in [-0.2, 0) is 0 Å². The van der Waals surface area contributed by atoms with Crippen LogP contribution in [0.15, 0.2) is 18.5 Å². The molecule has 3 heteroatoms. The maximum Gasteiger partial charge on any atom is 0.147 e. The number of aliphatic hydroxyl groups excluding tert-OH is 1. The molecular weight excluding hydrogens is 205 g/mol. The van der Waals surface area contributed by atoms with Crippen LogP contribution in [0.25, 0.3) is 0 Å². The Bertz CT molecular complexity index is 356. The highest BCUT2D eigenvalue weighted by Crippen LogP contribution is 2.40. The van der Waals surface area contributed by atoms with Gasteiger partial charge < -0.3 is 5.11 Å². The Morgan fingerprint density at radius 2 is 2.38 bits per heavy atom. The van der Waals surface area contributed by atoms with Crippen LogP contribution < -0.4 is 0 Å². The van der Waals surface area contributed by atoms with E-state index < -0.39 is 11.9 Å². The summed E-state index contributed by atoms with van der Waals surface area (Å²) >= 11 is 0. The summed E-state index contributed by atoms with van der Waals surface area (Å²) in [5, 5.41) is 10.1. The third-order valence-electron chi connectivity index (χ3n) is 3.73. The van der Waals surface area contributed by atoms with E-state index in [1.54, 1.807) is 6.07 Å². The van der Waals surface area contributed by atoms with Crippen LogP contribution in [0, 0.1) is 17.7 Å². The number of pyridine rings is 1. The summed E-state index contributed by atoms with van der Waals surface area (Å²) < 4.78 is 13.4. The van der Waals surface area contributed by atoms with Crippen molar-refractivity contribution in [3.8, 4) is 0 Å². The van der Waals surface area contributed by atoms with Gasteiger partial charge in [-0.25, -0.2) is 4.39 Å². The Balaban J connectivity index is 2.08. The smallest absolute Gasteiger partial charge is 0.147 e. The van der Waals surface area contributed by atoms with Crippen LogP contribution in [0.5, 0.6) is 0 Å². The summed E-state index contributed by atoms with van der Waals surface area (Å²) in [6, 6.07) is 1.58. The monoisotopic (exact) mass is 223 g/mol. The first-order valence-electron chi connectivity index (χ1n) is 5.99. The van der Waals surface area contributed by atoms with Crippen molar-refractivity contribution in [3.05, 3.63) is 29.8 Å². The van der Waals surface area contributed by atoms with Crippen molar-refractivity contribution in [1.29, 1.82) is 0 Å². The first-order chi connectivity index (χ1) is 7.72. The van der Waals surface area contributed by atoms with Gasteiger partial charge in [0.1, 0.15) is 5.82 Å². The summed E-state index contributed by atoms with van der Waals surface area (Å²) in [7, 11) is 0. The molecule has 2 nitrogen and oxygen atoms in total. The molecule has 3 unspecified atom stereocenters. The predicted octanol–water partition coefficient (Wildman–Crippen LogP) is 3.08. The first-order valence-corrected chi connectivity index (χ1v) is 5.99. The van der Waals surface area contributed by atoms with Crippen molar-refractivity contribution in [2.45, 2.75) is 38.7 Å². The van der Waals surface area contributed by atoms with Gasteiger partial charge in [0.2, 0.25) is 0 Å². The first kappa shape index (κ1) is 11.5. The maximum absolute atomic E-state index is 13.4. The fourth-order valence-corrected chi connectivity index (χ4v) is 2.65. The van der Waals surface area contributed by atoms with Crippen LogP contribution in [-0.4, -0.2) is 10.1 Å². The third kappa shape index (κ3) is 2.24. The van der Waals surface area contributed by atoms with Crippen molar-refractivity contribution in [1.82, 2.24) is 4.98 Å². The van der Waals surface area contributed by atoms with Crippen molar-refractivity contribution in [2.24, 2.45) is 11.8 Å². The van der Waals surface area contributed by atoms with Gasteiger partial charge in [0.25, 0.3) is 0 Å². The molecule has 1 aliphatic carbocycles. The molecule has 88 valence electrons. The van der Waals surface area contributed by atoms with Gasteiger partial charge in [0.05, 0.1) is 12.3 Å². The van der Waals surface area contributed by atoms with Gasteiger partial charge in [-0.1, -0.05) is 19.8 Å². The Kier molecular flexibility index (Phi) is 3.54. The number of aliphatic hydroxyl groups is 1. The SMILES string of the molecule is CCC1CCC(C(O)c2ccncc2F)C1. The molecule has 3 atom stereocenters.